The largest absolute Gasteiger partial charge is 0.355 e. The van der Waals surface area contributed by atoms with Gasteiger partial charge in [0.2, 0.25) is 5.91 Å². The minimum absolute atomic E-state index is 0.0208. The predicted molar refractivity (Wildman–Crippen MR) is 109 cm³/mol. The van der Waals surface area contributed by atoms with Crippen molar-refractivity contribution in [1.82, 2.24) is 20.0 Å². The van der Waals surface area contributed by atoms with Crippen molar-refractivity contribution < 1.29 is 4.79 Å². The molecule has 1 amide bonds. The quantitative estimate of drug-likeness (QED) is 0.757. The van der Waals surface area contributed by atoms with E-state index in [1.54, 1.807) is 10.9 Å². The number of amides is 1. The maximum absolute atomic E-state index is 12.7. The topological polar surface area (TPSA) is 75.9 Å². The van der Waals surface area contributed by atoms with Gasteiger partial charge < -0.3 is 10.2 Å². The second-order valence-electron chi connectivity index (χ2n) is 7.27. The van der Waals surface area contributed by atoms with Crippen LogP contribution in [-0.2, 0) is 4.79 Å². The molecule has 0 atom stereocenters. The van der Waals surface area contributed by atoms with E-state index in [9.17, 15) is 4.79 Å². The zero-order valence-electron chi connectivity index (χ0n) is 16.2. The smallest absolute Gasteiger partial charge is 0.227 e. The first-order valence-corrected chi connectivity index (χ1v) is 9.57. The third-order valence-electron chi connectivity index (χ3n) is 5.22. The number of aromatic nitrogens is 4. The number of nitrogens with one attached hydrogen (secondary N) is 1. The van der Waals surface area contributed by atoms with Gasteiger partial charge in [-0.2, -0.15) is 5.10 Å². The Labute approximate surface area is 164 Å². The van der Waals surface area contributed by atoms with E-state index in [0.717, 1.165) is 48.6 Å². The van der Waals surface area contributed by atoms with E-state index in [1.165, 1.54) is 0 Å². The van der Waals surface area contributed by atoms with Gasteiger partial charge in [0, 0.05) is 37.1 Å². The van der Waals surface area contributed by atoms with Crippen LogP contribution in [0.5, 0.6) is 0 Å². The van der Waals surface area contributed by atoms with Gasteiger partial charge in [0.05, 0.1) is 0 Å². The summed E-state index contributed by atoms with van der Waals surface area (Å²) >= 11 is 0. The first kappa shape index (κ1) is 18.2. The summed E-state index contributed by atoms with van der Waals surface area (Å²) in [6.45, 7) is 5.64. The predicted octanol–water partition coefficient (Wildman–Crippen LogP) is 3.13. The minimum Gasteiger partial charge on any atom is -0.355 e. The van der Waals surface area contributed by atoms with Crippen molar-refractivity contribution in [3.63, 3.8) is 0 Å². The number of carbonyl (C=O) groups is 1. The Morgan fingerprint density at radius 1 is 1.07 bits per heavy atom. The SMILES string of the molecule is Cc1ccc(C)c(NC(=O)C2CCN(c3ccc(-n4cccn4)nn3)CC2)c1. The fourth-order valence-electron chi connectivity index (χ4n) is 3.49. The van der Waals surface area contributed by atoms with Crippen LogP contribution in [0.4, 0.5) is 11.5 Å². The van der Waals surface area contributed by atoms with Crippen molar-refractivity contribution in [3.8, 4) is 5.82 Å². The summed E-state index contributed by atoms with van der Waals surface area (Å²) < 4.78 is 1.68. The van der Waals surface area contributed by atoms with Gasteiger partial charge >= 0.3 is 0 Å². The van der Waals surface area contributed by atoms with Gasteiger partial charge in [-0.05, 0) is 62.1 Å². The molecule has 28 heavy (non-hydrogen) atoms. The average Bonchev–Trinajstić information content (AvgIpc) is 3.26. The van der Waals surface area contributed by atoms with Gasteiger partial charge in [-0.3, -0.25) is 4.79 Å². The number of anilines is 2. The molecule has 0 saturated carbocycles. The Hall–Kier alpha value is -3.22. The molecule has 4 rings (SSSR count). The van der Waals surface area contributed by atoms with Crippen LogP contribution in [0.2, 0.25) is 0 Å². The number of rotatable bonds is 4. The first-order chi connectivity index (χ1) is 13.6. The van der Waals surface area contributed by atoms with Crippen LogP contribution in [-0.4, -0.2) is 39.0 Å². The van der Waals surface area contributed by atoms with Crippen molar-refractivity contribution >= 4 is 17.4 Å². The highest BCUT2D eigenvalue weighted by Gasteiger charge is 2.26. The van der Waals surface area contributed by atoms with Crippen molar-refractivity contribution in [1.29, 1.82) is 0 Å². The number of carbonyl (C=O) groups excluding carboxylic acids is 1. The van der Waals surface area contributed by atoms with Crippen molar-refractivity contribution in [2.75, 3.05) is 23.3 Å². The van der Waals surface area contributed by atoms with E-state index < -0.39 is 0 Å². The molecule has 1 aromatic carbocycles. The molecule has 0 spiro atoms. The maximum atomic E-state index is 12.7. The normalized spacial score (nSPS) is 14.9. The standard InChI is InChI=1S/C21H24N6O/c1-15-4-5-16(2)18(14-15)23-21(28)17-8-12-26(13-9-17)19-6-7-20(25-24-19)27-11-3-10-22-27/h3-7,10-11,14,17H,8-9,12-13H2,1-2H3,(H,23,28). The molecule has 3 heterocycles. The lowest BCUT2D eigenvalue weighted by molar-refractivity contribution is -0.120. The fraction of sp³-hybridized carbons (Fsp3) is 0.333. The zero-order chi connectivity index (χ0) is 19.5. The lowest BCUT2D eigenvalue weighted by Crippen LogP contribution is -2.38. The lowest BCUT2D eigenvalue weighted by Gasteiger charge is -2.32. The molecule has 7 heteroatoms. The monoisotopic (exact) mass is 376 g/mol. The Morgan fingerprint density at radius 2 is 1.82 bits per heavy atom. The van der Waals surface area contributed by atoms with E-state index in [1.807, 2.05) is 50.4 Å². The third kappa shape index (κ3) is 3.88. The van der Waals surface area contributed by atoms with Crippen LogP contribution in [0, 0.1) is 19.8 Å². The van der Waals surface area contributed by atoms with Gasteiger partial charge in [0.25, 0.3) is 0 Å². The number of nitrogens with zero attached hydrogens (tertiary/aromatic N) is 5. The summed E-state index contributed by atoms with van der Waals surface area (Å²) in [4.78, 5) is 14.9. The number of aryl methyl sites for hydroxylation is 2. The second kappa shape index (κ2) is 7.80. The van der Waals surface area contributed by atoms with Crippen LogP contribution in [0.1, 0.15) is 24.0 Å². The van der Waals surface area contributed by atoms with E-state index in [4.69, 9.17) is 0 Å². The summed E-state index contributed by atoms with van der Waals surface area (Å²) in [5.41, 5.74) is 3.14. The van der Waals surface area contributed by atoms with Gasteiger partial charge in [-0.15, -0.1) is 10.2 Å². The summed E-state index contributed by atoms with van der Waals surface area (Å²) in [5, 5.41) is 15.8. The van der Waals surface area contributed by atoms with Gasteiger partial charge in [-0.25, -0.2) is 4.68 Å². The van der Waals surface area contributed by atoms with E-state index in [2.05, 4.69) is 31.6 Å². The molecule has 0 unspecified atom stereocenters. The summed E-state index contributed by atoms with van der Waals surface area (Å²) in [6.07, 6.45) is 5.16. The molecular weight excluding hydrogens is 352 g/mol. The average molecular weight is 376 g/mol. The molecule has 0 aliphatic carbocycles. The highest BCUT2D eigenvalue weighted by atomic mass is 16.1. The van der Waals surface area contributed by atoms with Crippen LogP contribution >= 0.6 is 0 Å². The molecular formula is C21H24N6O. The van der Waals surface area contributed by atoms with Crippen LogP contribution in [0.15, 0.2) is 48.8 Å². The Morgan fingerprint density at radius 3 is 2.50 bits per heavy atom. The highest BCUT2D eigenvalue weighted by molar-refractivity contribution is 5.93. The van der Waals surface area contributed by atoms with Gasteiger partial charge in [-0.1, -0.05) is 12.1 Å². The Kier molecular flexibility index (Phi) is 5.06. The van der Waals surface area contributed by atoms with Crippen LogP contribution in [0.25, 0.3) is 5.82 Å². The molecule has 1 aliphatic heterocycles. The van der Waals surface area contributed by atoms with Gasteiger partial charge in [0.1, 0.15) is 0 Å². The summed E-state index contributed by atoms with van der Waals surface area (Å²) in [5.74, 6) is 1.65. The number of piperidine rings is 1. The molecule has 2 aromatic heterocycles. The molecule has 0 radical (unpaired) electrons. The Bertz CT molecular complexity index is 944. The van der Waals surface area contributed by atoms with Crippen molar-refractivity contribution in [2.24, 2.45) is 5.92 Å². The Balaban J connectivity index is 1.35. The molecule has 144 valence electrons. The van der Waals surface area contributed by atoms with Crippen LogP contribution < -0.4 is 10.2 Å². The molecule has 0 bridgehead atoms. The zero-order valence-corrected chi connectivity index (χ0v) is 16.2. The number of benzene rings is 1. The van der Waals surface area contributed by atoms with E-state index in [0.29, 0.717) is 5.82 Å². The number of hydrogen-bond donors (Lipinski definition) is 1. The fourth-order valence-corrected chi connectivity index (χ4v) is 3.49. The van der Waals surface area contributed by atoms with E-state index >= 15 is 0 Å². The maximum Gasteiger partial charge on any atom is 0.227 e. The molecule has 3 aromatic rings. The molecule has 7 nitrogen and oxygen atoms in total. The molecule has 1 saturated heterocycles. The van der Waals surface area contributed by atoms with Crippen LogP contribution in [0.3, 0.4) is 0 Å². The first-order valence-electron chi connectivity index (χ1n) is 9.57. The van der Waals surface area contributed by atoms with Crippen molar-refractivity contribution in [2.45, 2.75) is 26.7 Å². The lowest BCUT2D eigenvalue weighted by atomic mass is 9.95. The highest BCUT2D eigenvalue weighted by Crippen LogP contribution is 2.24. The number of hydrogen-bond acceptors (Lipinski definition) is 5. The van der Waals surface area contributed by atoms with Gasteiger partial charge in [0.15, 0.2) is 11.6 Å². The third-order valence-corrected chi connectivity index (χ3v) is 5.22. The summed E-state index contributed by atoms with van der Waals surface area (Å²) in [7, 11) is 0. The molecule has 1 aliphatic rings. The molecule has 1 fully saturated rings. The molecule has 1 N–H and O–H groups in total. The van der Waals surface area contributed by atoms with Crippen molar-refractivity contribution in [3.05, 3.63) is 59.9 Å². The van der Waals surface area contributed by atoms with E-state index in [-0.39, 0.29) is 11.8 Å². The second-order valence-corrected chi connectivity index (χ2v) is 7.27. The minimum atomic E-state index is 0.0208. The summed E-state index contributed by atoms with van der Waals surface area (Å²) in [6, 6.07) is 11.8.